The number of aromatic carboxylic acids is 1. The van der Waals surface area contributed by atoms with Crippen LogP contribution in [0.1, 0.15) is 10.4 Å². The van der Waals surface area contributed by atoms with Crippen molar-refractivity contribution in [1.29, 1.82) is 0 Å². The Labute approximate surface area is 176 Å². The minimum absolute atomic E-state index is 0. The van der Waals surface area contributed by atoms with E-state index in [2.05, 4.69) is 10.2 Å². The first-order chi connectivity index (χ1) is 12.1. The maximum absolute atomic E-state index is 10.9. The summed E-state index contributed by atoms with van der Waals surface area (Å²) in [6.45, 7) is 0. The number of benzene rings is 3. The van der Waals surface area contributed by atoms with Gasteiger partial charge in [-0.25, -0.2) is 0 Å². The van der Waals surface area contributed by atoms with Crippen LogP contribution >= 0.6 is 12.2 Å². The molecule has 5 nitrogen and oxygen atoms in total. The maximum Gasteiger partial charge on any atom is 1.00 e. The molecule has 0 aliphatic heterocycles. The Morgan fingerprint density at radius 1 is 1.00 bits per heavy atom. The molecule has 1 heterocycles. The van der Waals surface area contributed by atoms with Gasteiger partial charge < -0.3 is 9.90 Å². The van der Waals surface area contributed by atoms with Gasteiger partial charge in [-0.05, 0) is 40.7 Å². The van der Waals surface area contributed by atoms with E-state index >= 15 is 0 Å². The van der Waals surface area contributed by atoms with Crippen molar-refractivity contribution in [2.75, 3.05) is 0 Å². The molecule has 0 aliphatic carbocycles. The molecule has 1 N–H and O–H groups in total. The molecule has 0 amide bonds. The van der Waals surface area contributed by atoms with Crippen LogP contribution in [0.3, 0.4) is 0 Å². The summed E-state index contributed by atoms with van der Waals surface area (Å²) in [4.78, 5) is 10.9. The zero-order chi connectivity index (χ0) is 17.4. The molecular formula is C19H12N3NaO2S. The van der Waals surface area contributed by atoms with Gasteiger partial charge in [-0.15, -0.1) is 0 Å². The number of carboxylic acid groups (broad SMARTS) is 1. The zero-order valence-electron chi connectivity index (χ0n) is 14.0. The van der Waals surface area contributed by atoms with Crippen LogP contribution in [0.2, 0.25) is 0 Å². The molecule has 122 valence electrons. The molecule has 7 heteroatoms. The zero-order valence-corrected chi connectivity index (χ0v) is 16.8. The summed E-state index contributed by atoms with van der Waals surface area (Å²) in [5.41, 5.74) is 1.78. The predicted octanol–water partition coefficient (Wildman–Crippen LogP) is 0.118. The quantitative estimate of drug-likeness (QED) is 0.411. The van der Waals surface area contributed by atoms with Crippen molar-refractivity contribution in [2.45, 2.75) is 0 Å². The second-order valence-electron chi connectivity index (χ2n) is 5.55. The molecule has 0 saturated heterocycles. The molecule has 0 saturated carbocycles. The smallest absolute Gasteiger partial charge is 0.545 e. The summed E-state index contributed by atoms with van der Waals surface area (Å²) in [7, 11) is 0. The number of H-pyrrole nitrogens is 1. The standard InChI is InChI=1S/C19H13N3O2S.Na/c23-18(24)13-8-10-14(11-9-13)22-17(20-21-19(22)25)16-7-3-5-12-4-1-2-6-15(12)16;/h1-11H,(H,21,25)(H,23,24);/q;+1/p-1. The summed E-state index contributed by atoms with van der Waals surface area (Å²) >= 11 is 5.38. The molecule has 1 aromatic heterocycles. The maximum atomic E-state index is 10.9. The third kappa shape index (κ3) is 3.24. The van der Waals surface area contributed by atoms with Gasteiger partial charge in [0, 0.05) is 5.56 Å². The summed E-state index contributed by atoms with van der Waals surface area (Å²) in [5.74, 6) is -0.542. The van der Waals surface area contributed by atoms with Crippen LogP contribution in [0.5, 0.6) is 0 Å². The molecule has 0 radical (unpaired) electrons. The Bertz CT molecular complexity index is 1140. The summed E-state index contributed by atoms with van der Waals surface area (Å²) in [6, 6.07) is 20.4. The molecule has 0 unspecified atom stereocenters. The van der Waals surface area contributed by atoms with Gasteiger partial charge in [-0.3, -0.25) is 9.67 Å². The number of rotatable bonds is 3. The first-order valence-corrected chi connectivity index (χ1v) is 8.03. The Morgan fingerprint density at radius 3 is 2.42 bits per heavy atom. The number of carboxylic acids is 1. The molecule has 0 spiro atoms. The van der Waals surface area contributed by atoms with E-state index in [9.17, 15) is 9.90 Å². The van der Waals surface area contributed by atoms with Crippen LogP contribution in [0.25, 0.3) is 27.8 Å². The third-order valence-electron chi connectivity index (χ3n) is 4.06. The monoisotopic (exact) mass is 369 g/mol. The summed E-state index contributed by atoms with van der Waals surface area (Å²) in [6.07, 6.45) is 0. The molecule has 26 heavy (non-hydrogen) atoms. The topological polar surface area (TPSA) is 73.7 Å². The van der Waals surface area contributed by atoms with Gasteiger partial charge in [0.05, 0.1) is 11.7 Å². The van der Waals surface area contributed by atoms with Gasteiger partial charge in [0.25, 0.3) is 0 Å². The first-order valence-electron chi connectivity index (χ1n) is 7.62. The molecule has 4 rings (SSSR count). The SMILES string of the molecule is O=C([O-])c1ccc(-n2c(-c3cccc4ccccc34)n[nH]c2=S)cc1.[Na+]. The second kappa shape index (κ2) is 7.55. The molecule has 4 aromatic rings. The van der Waals surface area contributed by atoms with Crippen molar-refractivity contribution in [3.05, 3.63) is 77.1 Å². The summed E-state index contributed by atoms with van der Waals surface area (Å²) in [5, 5.41) is 20.3. The van der Waals surface area contributed by atoms with E-state index in [1.54, 1.807) is 16.7 Å². The molecule has 0 bridgehead atoms. The number of nitrogens with zero attached hydrogens (tertiary/aromatic N) is 2. The van der Waals surface area contributed by atoms with Crippen LogP contribution in [0.4, 0.5) is 0 Å². The van der Waals surface area contributed by atoms with Crippen LogP contribution in [-0.4, -0.2) is 20.7 Å². The van der Waals surface area contributed by atoms with E-state index in [-0.39, 0.29) is 35.1 Å². The van der Waals surface area contributed by atoms with Gasteiger partial charge in [-0.1, -0.05) is 54.6 Å². The van der Waals surface area contributed by atoms with Crippen molar-refractivity contribution >= 4 is 29.0 Å². The first kappa shape index (κ1) is 18.5. The van der Waals surface area contributed by atoms with Crippen molar-refractivity contribution < 1.29 is 39.5 Å². The van der Waals surface area contributed by atoms with E-state index in [4.69, 9.17) is 12.2 Å². The normalized spacial score (nSPS) is 10.5. The average Bonchev–Trinajstić information content (AvgIpc) is 3.02. The largest absolute Gasteiger partial charge is 1.00 e. The number of aromatic amines is 1. The fourth-order valence-electron chi connectivity index (χ4n) is 2.88. The van der Waals surface area contributed by atoms with Crippen LogP contribution < -0.4 is 34.7 Å². The van der Waals surface area contributed by atoms with Crippen molar-refractivity contribution in [3.63, 3.8) is 0 Å². The Morgan fingerprint density at radius 2 is 1.69 bits per heavy atom. The number of hydrogen-bond donors (Lipinski definition) is 1. The Kier molecular flexibility index (Phi) is 5.38. The van der Waals surface area contributed by atoms with Gasteiger partial charge in [0.15, 0.2) is 10.6 Å². The second-order valence-corrected chi connectivity index (χ2v) is 5.94. The Hall–Kier alpha value is -2.25. The van der Waals surface area contributed by atoms with E-state index in [0.29, 0.717) is 10.6 Å². The van der Waals surface area contributed by atoms with Gasteiger partial charge in [-0.2, -0.15) is 5.10 Å². The third-order valence-corrected chi connectivity index (χ3v) is 4.34. The van der Waals surface area contributed by atoms with Crippen molar-refractivity contribution in [2.24, 2.45) is 0 Å². The van der Waals surface area contributed by atoms with E-state index < -0.39 is 5.97 Å². The van der Waals surface area contributed by atoms with E-state index in [1.165, 1.54) is 12.1 Å². The number of hydrogen-bond acceptors (Lipinski definition) is 4. The van der Waals surface area contributed by atoms with Crippen LogP contribution in [-0.2, 0) is 0 Å². The van der Waals surface area contributed by atoms with Crippen molar-refractivity contribution in [3.8, 4) is 17.1 Å². The number of carbonyl (C=O) groups is 1. The van der Waals surface area contributed by atoms with Crippen molar-refractivity contribution in [1.82, 2.24) is 14.8 Å². The van der Waals surface area contributed by atoms with Gasteiger partial charge >= 0.3 is 29.6 Å². The van der Waals surface area contributed by atoms with Gasteiger partial charge in [0.1, 0.15) is 0 Å². The number of fused-ring (bicyclic) bond motifs is 1. The number of carbonyl (C=O) groups excluding carboxylic acids is 1. The number of nitrogens with one attached hydrogen (secondary N) is 1. The average molecular weight is 369 g/mol. The molecule has 3 aromatic carbocycles. The molecule has 0 aliphatic rings. The van der Waals surface area contributed by atoms with E-state index in [1.807, 2.05) is 42.5 Å². The van der Waals surface area contributed by atoms with Crippen LogP contribution in [0.15, 0.2) is 66.7 Å². The molecule has 0 fully saturated rings. The van der Waals surface area contributed by atoms with Gasteiger partial charge in [0.2, 0.25) is 0 Å². The minimum Gasteiger partial charge on any atom is -0.545 e. The van der Waals surface area contributed by atoms with Crippen LogP contribution in [0, 0.1) is 4.77 Å². The number of aromatic nitrogens is 3. The fraction of sp³-hybridized carbons (Fsp3) is 0. The predicted molar refractivity (Wildman–Crippen MR) is 96.0 cm³/mol. The minimum atomic E-state index is -1.21. The Balaban J connectivity index is 0.00000196. The molecule has 0 atom stereocenters. The molecular weight excluding hydrogens is 357 g/mol. The van der Waals surface area contributed by atoms with E-state index in [0.717, 1.165) is 22.0 Å². The summed E-state index contributed by atoms with van der Waals surface area (Å²) < 4.78 is 2.22. The fourth-order valence-corrected chi connectivity index (χ4v) is 3.12.